The van der Waals surface area contributed by atoms with E-state index in [1.807, 2.05) is 13.8 Å². The van der Waals surface area contributed by atoms with E-state index in [2.05, 4.69) is 59.9 Å². The van der Waals surface area contributed by atoms with Gasteiger partial charge in [-0.15, -0.1) is 0 Å². The summed E-state index contributed by atoms with van der Waals surface area (Å²) in [5.74, 6) is 0. The fourth-order valence-corrected chi connectivity index (χ4v) is 2.80. The van der Waals surface area contributed by atoms with Gasteiger partial charge in [-0.05, 0) is 43.4 Å². The summed E-state index contributed by atoms with van der Waals surface area (Å²) in [6, 6.07) is 19.3. The fraction of sp³-hybridized carbons (Fsp3) is 0.368. The molecule has 110 valence electrons. The van der Waals surface area contributed by atoms with Crippen LogP contribution >= 0.6 is 0 Å². The SMILES string of the molecule is CC(C)(N)c1cccc(CNC2(c3ccccc3)CC2)c1. The molecule has 3 rings (SSSR count). The van der Waals surface area contributed by atoms with Crippen LogP contribution in [0.3, 0.4) is 0 Å². The van der Waals surface area contributed by atoms with Crippen molar-refractivity contribution in [3.8, 4) is 0 Å². The van der Waals surface area contributed by atoms with Crippen molar-refractivity contribution >= 4 is 0 Å². The minimum Gasteiger partial charge on any atom is -0.322 e. The summed E-state index contributed by atoms with van der Waals surface area (Å²) in [7, 11) is 0. The molecular weight excluding hydrogens is 256 g/mol. The molecule has 2 heteroatoms. The molecule has 0 saturated heterocycles. The first-order valence-corrected chi connectivity index (χ1v) is 7.68. The van der Waals surface area contributed by atoms with E-state index in [-0.39, 0.29) is 11.1 Å². The molecule has 0 aliphatic heterocycles. The van der Waals surface area contributed by atoms with Crippen LogP contribution in [0.25, 0.3) is 0 Å². The van der Waals surface area contributed by atoms with Crippen LogP contribution in [0, 0.1) is 0 Å². The lowest BCUT2D eigenvalue weighted by atomic mass is 9.94. The van der Waals surface area contributed by atoms with Crippen LogP contribution in [0.1, 0.15) is 43.4 Å². The van der Waals surface area contributed by atoms with Gasteiger partial charge in [0.05, 0.1) is 0 Å². The Balaban J connectivity index is 1.71. The molecule has 21 heavy (non-hydrogen) atoms. The zero-order valence-electron chi connectivity index (χ0n) is 12.9. The zero-order valence-corrected chi connectivity index (χ0v) is 12.9. The Labute approximate surface area is 127 Å². The summed E-state index contributed by atoms with van der Waals surface area (Å²) >= 11 is 0. The van der Waals surface area contributed by atoms with Gasteiger partial charge in [0.2, 0.25) is 0 Å². The minimum absolute atomic E-state index is 0.190. The van der Waals surface area contributed by atoms with Gasteiger partial charge in [0.15, 0.2) is 0 Å². The van der Waals surface area contributed by atoms with Crippen LogP contribution in [-0.2, 0) is 17.6 Å². The largest absolute Gasteiger partial charge is 0.322 e. The Bertz CT molecular complexity index is 607. The lowest BCUT2D eigenvalue weighted by Gasteiger charge is -2.21. The average Bonchev–Trinajstić information content (AvgIpc) is 3.27. The van der Waals surface area contributed by atoms with Crippen LogP contribution in [0.5, 0.6) is 0 Å². The Hall–Kier alpha value is -1.64. The minimum atomic E-state index is -0.285. The van der Waals surface area contributed by atoms with Crippen LogP contribution < -0.4 is 11.1 Å². The van der Waals surface area contributed by atoms with Crippen molar-refractivity contribution in [2.24, 2.45) is 5.73 Å². The molecule has 2 aromatic rings. The van der Waals surface area contributed by atoms with Crippen molar-refractivity contribution in [2.75, 3.05) is 0 Å². The topological polar surface area (TPSA) is 38.0 Å². The normalized spacial score (nSPS) is 16.7. The second-order valence-electron chi connectivity index (χ2n) is 6.72. The van der Waals surface area contributed by atoms with Crippen molar-refractivity contribution in [1.82, 2.24) is 5.32 Å². The van der Waals surface area contributed by atoms with Crippen LogP contribution in [0.4, 0.5) is 0 Å². The number of benzene rings is 2. The van der Waals surface area contributed by atoms with Gasteiger partial charge in [0.1, 0.15) is 0 Å². The summed E-state index contributed by atoms with van der Waals surface area (Å²) in [6.45, 7) is 4.98. The van der Waals surface area contributed by atoms with Crippen LogP contribution in [-0.4, -0.2) is 0 Å². The average molecular weight is 280 g/mol. The van der Waals surface area contributed by atoms with Gasteiger partial charge in [-0.1, -0.05) is 54.6 Å². The van der Waals surface area contributed by atoms with E-state index < -0.39 is 0 Å². The maximum absolute atomic E-state index is 6.19. The molecule has 0 unspecified atom stereocenters. The maximum atomic E-state index is 6.19. The highest BCUT2D eigenvalue weighted by molar-refractivity contribution is 5.32. The molecule has 2 nitrogen and oxygen atoms in total. The molecule has 0 radical (unpaired) electrons. The summed E-state index contributed by atoms with van der Waals surface area (Å²) in [6.07, 6.45) is 2.44. The fourth-order valence-electron chi connectivity index (χ4n) is 2.80. The quantitative estimate of drug-likeness (QED) is 0.877. The molecule has 1 aliphatic rings. The molecule has 0 heterocycles. The second kappa shape index (κ2) is 5.28. The first kappa shape index (κ1) is 14.3. The zero-order chi connectivity index (χ0) is 14.9. The van der Waals surface area contributed by atoms with Gasteiger partial charge in [-0.2, -0.15) is 0 Å². The highest BCUT2D eigenvalue weighted by Crippen LogP contribution is 2.45. The van der Waals surface area contributed by atoms with Crippen molar-refractivity contribution in [2.45, 2.75) is 44.3 Å². The number of rotatable bonds is 5. The molecular formula is C19H24N2. The number of hydrogen-bond donors (Lipinski definition) is 2. The smallest absolute Gasteiger partial charge is 0.0438 e. The first-order valence-electron chi connectivity index (χ1n) is 7.68. The predicted octanol–water partition coefficient (Wildman–Crippen LogP) is 3.66. The number of nitrogens with one attached hydrogen (secondary N) is 1. The molecule has 1 fully saturated rings. The van der Waals surface area contributed by atoms with E-state index in [9.17, 15) is 0 Å². The molecule has 2 aromatic carbocycles. The monoisotopic (exact) mass is 280 g/mol. The molecule has 0 spiro atoms. The van der Waals surface area contributed by atoms with Crippen molar-refractivity contribution < 1.29 is 0 Å². The van der Waals surface area contributed by atoms with Crippen molar-refractivity contribution in [3.63, 3.8) is 0 Å². The van der Waals surface area contributed by atoms with Crippen LogP contribution in [0.2, 0.25) is 0 Å². The summed E-state index contributed by atoms with van der Waals surface area (Å²) in [4.78, 5) is 0. The Morgan fingerprint density at radius 2 is 1.76 bits per heavy atom. The molecule has 0 amide bonds. The third-order valence-corrected chi connectivity index (χ3v) is 4.38. The van der Waals surface area contributed by atoms with Gasteiger partial charge in [0, 0.05) is 17.6 Å². The van der Waals surface area contributed by atoms with Gasteiger partial charge < -0.3 is 11.1 Å². The summed E-state index contributed by atoms with van der Waals surface area (Å²) in [5.41, 5.74) is 9.98. The maximum Gasteiger partial charge on any atom is 0.0438 e. The van der Waals surface area contributed by atoms with Crippen molar-refractivity contribution in [3.05, 3.63) is 71.3 Å². The Morgan fingerprint density at radius 3 is 2.38 bits per heavy atom. The molecule has 0 aromatic heterocycles. The third-order valence-electron chi connectivity index (χ3n) is 4.38. The van der Waals surface area contributed by atoms with E-state index in [1.165, 1.54) is 29.5 Å². The van der Waals surface area contributed by atoms with Crippen molar-refractivity contribution in [1.29, 1.82) is 0 Å². The van der Waals surface area contributed by atoms with E-state index in [0.717, 1.165) is 6.54 Å². The molecule has 3 N–H and O–H groups in total. The first-order chi connectivity index (χ1) is 10.00. The van der Waals surface area contributed by atoms with E-state index >= 15 is 0 Å². The lowest BCUT2D eigenvalue weighted by molar-refractivity contribution is 0.516. The number of hydrogen-bond acceptors (Lipinski definition) is 2. The molecule has 1 aliphatic carbocycles. The van der Waals surface area contributed by atoms with Gasteiger partial charge in [-0.25, -0.2) is 0 Å². The molecule has 1 saturated carbocycles. The predicted molar refractivity (Wildman–Crippen MR) is 87.8 cm³/mol. The highest BCUT2D eigenvalue weighted by atomic mass is 15.0. The standard InChI is InChI=1S/C19H24N2/c1-18(2,20)17-10-6-7-15(13-17)14-21-19(11-12-19)16-8-4-3-5-9-16/h3-10,13,21H,11-12,14,20H2,1-2H3. The summed E-state index contributed by atoms with van der Waals surface area (Å²) in [5, 5.41) is 3.74. The van der Waals surface area contributed by atoms with E-state index in [4.69, 9.17) is 5.73 Å². The van der Waals surface area contributed by atoms with Gasteiger partial charge in [0.25, 0.3) is 0 Å². The number of nitrogens with two attached hydrogens (primary N) is 1. The Morgan fingerprint density at radius 1 is 1.05 bits per heavy atom. The van der Waals surface area contributed by atoms with Gasteiger partial charge >= 0.3 is 0 Å². The van der Waals surface area contributed by atoms with Gasteiger partial charge in [-0.3, -0.25) is 0 Å². The van der Waals surface area contributed by atoms with E-state index in [0.29, 0.717) is 0 Å². The van der Waals surface area contributed by atoms with E-state index in [1.54, 1.807) is 0 Å². The van der Waals surface area contributed by atoms with Crippen LogP contribution in [0.15, 0.2) is 54.6 Å². The third kappa shape index (κ3) is 3.17. The highest BCUT2D eigenvalue weighted by Gasteiger charge is 2.43. The second-order valence-corrected chi connectivity index (χ2v) is 6.72. The molecule has 0 bridgehead atoms. The molecule has 0 atom stereocenters. The Kier molecular flexibility index (Phi) is 3.60. The lowest BCUT2D eigenvalue weighted by Crippen LogP contribution is -2.30. The summed E-state index contributed by atoms with van der Waals surface area (Å²) < 4.78 is 0.